The van der Waals surface area contributed by atoms with Crippen LogP contribution in [0.5, 0.6) is 5.75 Å². The highest BCUT2D eigenvalue weighted by Crippen LogP contribution is 2.32. The van der Waals surface area contributed by atoms with Gasteiger partial charge in [-0.1, -0.05) is 63.4 Å². The van der Waals surface area contributed by atoms with Gasteiger partial charge in [0, 0.05) is 20.6 Å². The third kappa shape index (κ3) is 5.58. The Morgan fingerprint density at radius 2 is 1.90 bits per heavy atom. The van der Waals surface area contributed by atoms with Gasteiger partial charge in [-0.15, -0.1) is 0 Å². The molecule has 1 heterocycles. The molecule has 1 N–H and O–H groups in total. The van der Waals surface area contributed by atoms with Crippen LogP contribution in [0.4, 0.5) is 5.69 Å². The van der Waals surface area contributed by atoms with Crippen LogP contribution < -0.4 is 10.1 Å². The summed E-state index contributed by atoms with van der Waals surface area (Å²) in [5, 5.41) is 4.03. The van der Waals surface area contributed by atoms with E-state index in [1.165, 1.54) is 11.8 Å². The second kappa shape index (κ2) is 9.73. The van der Waals surface area contributed by atoms with E-state index in [1.54, 1.807) is 0 Å². The summed E-state index contributed by atoms with van der Waals surface area (Å²) in [7, 11) is 0. The molecule has 0 atom stereocenters. The highest BCUT2D eigenvalue weighted by atomic mass is 79.9. The van der Waals surface area contributed by atoms with Crippen LogP contribution in [0.15, 0.2) is 81.1 Å². The number of carbonyl (C=O) groups excluding carboxylic acids is 1. The molecule has 3 aromatic carbocycles. The van der Waals surface area contributed by atoms with Gasteiger partial charge in [0.2, 0.25) is 0 Å². The molecule has 1 amide bonds. The lowest BCUT2D eigenvalue weighted by Gasteiger charge is -2.11. The number of carbonyl (C=O) groups is 1. The van der Waals surface area contributed by atoms with Crippen LogP contribution in [0.25, 0.3) is 6.08 Å². The number of amides is 1. The molecule has 156 valence electrons. The Hall–Kier alpha value is -2.54. The highest BCUT2D eigenvalue weighted by Gasteiger charge is 2.24. The van der Waals surface area contributed by atoms with Crippen molar-refractivity contribution in [2.75, 3.05) is 0 Å². The maximum atomic E-state index is 12.5. The average molecular weight is 514 g/mol. The summed E-state index contributed by atoms with van der Waals surface area (Å²) in [4.78, 5) is 17.6. The summed E-state index contributed by atoms with van der Waals surface area (Å²) in [6, 6.07) is 21.1. The molecule has 1 aliphatic heterocycles. The van der Waals surface area contributed by atoms with E-state index < -0.39 is 0 Å². The number of ether oxygens (including phenoxy) is 1. The number of rotatable bonds is 5. The van der Waals surface area contributed by atoms with E-state index >= 15 is 0 Å². The Bertz CT molecular complexity index is 1190. The summed E-state index contributed by atoms with van der Waals surface area (Å²) in [5.74, 6) is 0.473. The number of thioether (sulfide) groups is 1. The number of hydrogen-bond acceptors (Lipinski definition) is 4. The first-order chi connectivity index (χ1) is 15.0. The van der Waals surface area contributed by atoms with Gasteiger partial charge in [0.1, 0.15) is 12.4 Å². The van der Waals surface area contributed by atoms with Gasteiger partial charge in [-0.25, -0.2) is 4.99 Å². The van der Waals surface area contributed by atoms with Crippen LogP contribution in [-0.4, -0.2) is 11.1 Å². The Morgan fingerprint density at radius 1 is 1.13 bits per heavy atom. The van der Waals surface area contributed by atoms with Gasteiger partial charge >= 0.3 is 0 Å². The zero-order chi connectivity index (χ0) is 21.8. The van der Waals surface area contributed by atoms with Crippen molar-refractivity contribution >= 4 is 62.1 Å². The lowest BCUT2D eigenvalue weighted by atomic mass is 10.2. The van der Waals surface area contributed by atoms with Crippen molar-refractivity contribution in [2.24, 2.45) is 4.99 Å². The molecule has 1 saturated heterocycles. The van der Waals surface area contributed by atoms with E-state index in [2.05, 4.69) is 26.2 Å². The van der Waals surface area contributed by atoms with E-state index in [0.29, 0.717) is 27.5 Å². The van der Waals surface area contributed by atoms with Gasteiger partial charge < -0.3 is 10.1 Å². The number of hydrogen-bond donors (Lipinski definition) is 1. The van der Waals surface area contributed by atoms with Crippen LogP contribution in [0.2, 0.25) is 5.02 Å². The molecule has 4 nitrogen and oxygen atoms in total. The molecule has 0 saturated carbocycles. The molecule has 0 spiro atoms. The van der Waals surface area contributed by atoms with Crippen molar-refractivity contribution in [3.05, 3.63) is 97.8 Å². The van der Waals surface area contributed by atoms with E-state index in [-0.39, 0.29) is 5.91 Å². The predicted molar refractivity (Wildman–Crippen MR) is 132 cm³/mol. The molecule has 0 unspecified atom stereocenters. The third-order valence-corrected chi connectivity index (χ3v) is 6.29. The highest BCUT2D eigenvalue weighted by molar-refractivity contribution is 9.10. The summed E-state index contributed by atoms with van der Waals surface area (Å²) < 4.78 is 6.91. The first-order valence-corrected chi connectivity index (χ1v) is 11.5. The van der Waals surface area contributed by atoms with E-state index in [0.717, 1.165) is 26.9 Å². The number of nitrogens with zero attached hydrogens (tertiary/aromatic N) is 1. The van der Waals surface area contributed by atoms with E-state index in [4.69, 9.17) is 16.3 Å². The topological polar surface area (TPSA) is 50.7 Å². The molecule has 0 bridgehead atoms. The van der Waals surface area contributed by atoms with Gasteiger partial charge in [0.05, 0.1) is 10.6 Å². The molecule has 0 aliphatic carbocycles. The maximum Gasteiger partial charge on any atom is 0.264 e. The van der Waals surface area contributed by atoms with Crippen LogP contribution >= 0.6 is 39.3 Å². The summed E-state index contributed by atoms with van der Waals surface area (Å²) in [6.07, 6.45) is 1.81. The molecule has 0 aromatic heterocycles. The summed E-state index contributed by atoms with van der Waals surface area (Å²) in [6.45, 7) is 2.35. The number of halogens is 2. The second-order valence-corrected chi connectivity index (χ2v) is 9.23. The Labute approximate surface area is 198 Å². The van der Waals surface area contributed by atoms with Crippen molar-refractivity contribution in [1.29, 1.82) is 0 Å². The molecule has 0 radical (unpaired) electrons. The largest absolute Gasteiger partial charge is 0.488 e. The number of benzene rings is 3. The Kier molecular flexibility index (Phi) is 6.80. The fourth-order valence-corrected chi connectivity index (χ4v) is 4.29. The van der Waals surface area contributed by atoms with E-state index in [1.807, 2.05) is 79.7 Å². The number of amidine groups is 1. The monoisotopic (exact) mass is 512 g/mol. The summed E-state index contributed by atoms with van der Waals surface area (Å²) >= 11 is 11.0. The molecule has 3 aromatic rings. The minimum absolute atomic E-state index is 0.187. The average Bonchev–Trinajstić information content (AvgIpc) is 3.09. The zero-order valence-corrected chi connectivity index (χ0v) is 19.7. The predicted octanol–water partition coefficient (Wildman–Crippen LogP) is 6.88. The molecule has 1 fully saturated rings. The lowest BCUT2D eigenvalue weighted by molar-refractivity contribution is -0.115. The van der Waals surface area contributed by atoms with Crippen molar-refractivity contribution in [1.82, 2.24) is 5.32 Å². The van der Waals surface area contributed by atoms with E-state index in [9.17, 15) is 4.79 Å². The molecule has 7 heteroatoms. The number of aryl methyl sites for hydroxylation is 1. The second-order valence-electron chi connectivity index (χ2n) is 6.88. The third-order valence-electron chi connectivity index (χ3n) is 4.51. The molecule has 31 heavy (non-hydrogen) atoms. The normalized spacial score (nSPS) is 16.0. The van der Waals surface area contributed by atoms with Crippen molar-refractivity contribution < 1.29 is 9.53 Å². The van der Waals surface area contributed by atoms with Crippen LogP contribution in [0.3, 0.4) is 0 Å². The van der Waals surface area contributed by atoms with Crippen molar-refractivity contribution in [3.63, 3.8) is 0 Å². The quantitative estimate of drug-likeness (QED) is 0.378. The van der Waals surface area contributed by atoms with Gasteiger partial charge in [0.15, 0.2) is 5.17 Å². The smallest absolute Gasteiger partial charge is 0.264 e. The van der Waals surface area contributed by atoms with Gasteiger partial charge in [-0.3, -0.25) is 4.79 Å². The first-order valence-electron chi connectivity index (χ1n) is 9.50. The lowest BCUT2D eigenvalue weighted by Crippen LogP contribution is -2.19. The van der Waals surface area contributed by atoms with Crippen LogP contribution in [0, 0.1) is 6.92 Å². The minimum atomic E-state index is -0.187. The van der Waals surface area contributed by atoms with Crippen LogP contribution in [0.1, 0.15) is 16.7 Å². The molecule has 4 rings (SSSR count). The van der Waals surface area contributed by atoms with Gasteiger partial charge in [-0.05, 0) is 61.2 Å². The first kappa shape index (κ1) is 21.7. The van der Waals surface area contributed by atoms with Crippen molar-refractivity contribution in [2.45, 2.75) is 13.5 Å². The zero-order valence-electron chi connectivity index (χ0n) is 16.6. The van der Waals surface area contributed by atoms with Gasteiger partial charge in [0.25, 0.3) is 5.91 Å². The minimum Gasteiger partial charge on any atom is -0.488 e. The van der Waals surface area contributed by atoms with Gasteiger partial charge in [-0.2, -0.15) is 0 Å². The maximum absolute atomic E-state index is 12.5. The Balaban J connectivity index is 1.56. The van der Waals surface area contributed by atoms with Crippen LogP contribution in [-0.2, 0) is 11.4 Å². The standard InChI is InChI=1S/C24H18BrClN2O2S/c1-15-6-9-19(10-7-15)27-24-28-23(29)22(31-24)13-17-12-18(25)8-11-21(17)30-14-16-4-2-3-5-20(16)26/h2-13H,14H2,1H3,(H,27,28,29)/b22-13-. The Morgan fingerprint density at radius 3 is 2.68 bits per heavy atom. The molecular weight excluding hydrogens is 496 g/mol. The molecule has 1 aliphatic rings. The SMILES string of the molecule is Cc1ccc(N=C2NC(=O)/C(=C/c3cc(Br)ccc3OCc3ccccc3Cl)S2)cc1. The fraction of sp³-hybridized carbons (Fsp3) is 0.0833. The van der Waals surface area contributed by atoms with Crippen molar-refractivity contribution in [3.8, 4) is 5.75 Å². The number of aliphatic imine (C=N–C) groups is 1. The molecular formula is C24H18BrClN2O2S. The fourth-order valence-electron chi connectivity index (χ4n) is 2.89. The number of nitrogens with one attached hydrogen (secondary N) is 1. The summed E-state index contributed by atoms with van der Waals surface area (Å²) in [5.41, 5.74) is 3.63.